The van der Waals surface area contributed by atoms with Gasteiger partial charge in [-0.3, -0.25) is 19.1 Å². The van der Waals surface area contributed by atoms with Crippen molar-refractivity contribution in [3.8, 4) is 11.6 Å². The summed E-state index contributed by atoms with van der Waals surface area (Å²) in [6, 6.07) is 0.380. The molecule has 0 bridgehead atoms. The third-order valence-corrected chi connectivity index (χ3v) is 14.3. The van der Waals surface area contributed by atoms with Crippen molar-refractivity contribution in [3.05, 3.63) is 36.0 Å². The standard InChI is InChI=1S/C40H49F7N6O10S/c1-21-8-6-7-9-23-17-38(23,34(56)52-64(58,59)37(20-41)12-13-37)51-31(54)28-16-25(62-32-30(39(42,43)44)48-26-11-10-24(61-5)15-27(26)49-32)18-53(28)33(55)29(22(14-21)19-60-4)50-35(57)63-36(2,3)40(45,46)47/h7,9-11,15,21-23,25,28-29H,6,8,12-14,16-20H2,1-5H3,(H,50,57)(H,51,54)(H,52,56)/b9-7-/t21-,22-,23-,25+,28-,29-,38-/m0/s1. The van der Waals surface area contributed by atoms with Crippen molar-refractivity contribution in [1.82, 2.24) is 30.2 Å². The van der Waals surface area contributed by atoms with Crippen LogP contribution in [0.2, 0.25) is 0 Å². The lowest BCUT2D eigenvalue weighted by Gasteiger charge is -2.35. The molecule has 0 unspecified atom stereocenters. The predicted octanol–water partition coefficient (Wildman–Crippen LogP) is 4.90. The fourth-order valence-corrected chi connectivity index (χ4v) is 9.39. The number of carbonyl (C=O) groups is 4. The maximum Gasteiger partial charge on any atom is 0.438 e. The van der Waals surface area contributed by atoms with Gasteiger partial charge >= 0.3 is 18.4 Å². The van der Waals surface area contributed by atoms with Gasteiger partial charge in [0.15, 0.2) is 0 Å². The molecule has 4 aliphatic rings. The number of fused-ring (bicyclic) bond motifs is 3. The predicted molar refractivity (Wildman–Crippen MR) is 211 cm³/mol. The first-order valence-electron chi connectivity index (χ1n) is 20.4. The number of halogens is 7. The van der Waals surface area contributed by atoms with Gasteiger partial charge in [-0.2, -0.15) is 26.3 Å². The van der Waals surface area contributed by atoms with Crippen LogP contribution in [0.4, 0.5) is 35.5 Å². The van der Waals surface area contributed by atoms with Gasteiger partial charge in [0, 0.05) is 31.4 Å². The zero-order chi connectivity index (χ0) is 47.2. The van der Waals surface area contributed by atoms with E-state index in [0.717, 1.165) is 4.90 Å². The summed E-state index contributed by atoms with van der Waals surface area (Å²) < 4.78 is 147. The number of methoxy groups -OCH3 is 2. The van der Waals surface area contributed by atoms with Crippen LogP contribution in [0.15, 0.2) is 30.4 Å². The topological polar surface area (TPSA) is 204 Å². The molecule has 1 saturated heterocycles. The lowest BCUT2D eigenvalue weighted by molar-refractivity contribution is -0.244. The summed E-state index contributed by atoms with van der Waals surface area (Å²) in [6.07, 6.45) is -9.96. The zero-order valence-electron chi connectivity index (χ0n) is 35.4. The maximum atomic E-state index is 14.9. The molecule has 0 radical (unpaired) electrons. The Morgan fingerprint density at radius 1 is 1.03 bits per heavy atom. The molecular weight excluding hydrogens is 890 g/mol. The lowest BCUT2D eigenvalue weighted by Crippen LogP contribution is -2.60. The van der Waals surface area contributed by atoms with E-state index in [4.69, 9.17) is 18.9 Å². The summed E-state index contributed by atoms with van der Waals surface area (Å²) >= 11 is 0. The molecular formula is C40H49F7N6O10S. The average Bonchev–Trinajstić information content (AvgIpc) is 4.11. The van der Waals surface area contributed by atoms with Gasteiger partial charge in [-0.25, -0.2) is 27.6 Å². The Balaban J connectivity index is 1.42. The van der Waals surface area contributed by atoms with Gasteiger partial charge in [-0.05, 0) is 70.4 Å². The molecule has 3 N–H and O–H groups in total. The maximum absolute atomic E-state index is 14.9. The smallest absolute Gasteiger partial charge is 0.438 e. The Morgan fingerprint density at radius 2 is 1.73 bits per heavy atom. The van der Waals surface area contributed by atoms with Gasteiger partial charge < -0.3 is 34.5 Å². The fourth-order valence-electron chi connectivity index (χ4n) is 7.96. The van der Waals surface area contributed by atoms with Crippen LogP contribution < -0.4 is 24.8 Å². The number of sulfonamides is 1. The van der Waals surface area contributed by atoms with Crippen LogP contribution in [0.3, 0.4) is 0 Å². The van der Waals surface area contributed by atoms with Crippen molar-refractivity contribution >= 4 is 44.9 Å². The van der Waals surface area contributed by atoms with E-state index in [9.17, 15) is 58.3 Å². The third kappa shape index (κ3) is 9.96. The van der Waals surface area contributed by atoms with Crippen LogP contribution in [0.25, 0.3) is 11.0 Å². The van der Waals surface area contributed by atoms with Gasteiger partial charge in [0.1, 0.15) is 40.9 Å². The number of ether oxygens (including phenoxy) is 4. The highest BCUT2D eigenvalue weighted by atomic mass is 32.2. The molecule has 6 rings (SSSR count). The Bertz CT molecular complexity index is 2280. The number of alkyl carbamates (subject to hydrolysis) is 1. The number of rotatable bonds is 11. The molecule has 16 nitrogen and oxygen atoms in total. The first-order valence-corrected chi connectivity index (χ1v) is 21.9. The van der Waals surface area contributed by atoms with Gasteiger partial charge in [0.05, 0.1) is 31.3 Å². The Kier molecular flexibility index (Phi) is 13.4. The normalized spacial score (nSPS) is 28.1. The molecule has 1 aromatic carbocycles. The number of nitrogens with zero attached hydrogens (tertiary/aromatic N) is 3. The van der Waals surface area contributed by atoms with E-state index in [1.165, 1.54) is 32.4 Å². The number of hydrogen-bond donors (Lipinski definition) is 3. The van der Waals surface area contributed by atoms with Crippen molar-refractivity contribution in [1.29, 1.82) is 0 Å². The molecule has 2 aliphatic heterocycles. The molecule has 2 aliphatic carbocycles. The molecule has 4 amide bonds. The molecule has 24 heteroatoms. The van der Waals surface area contributed by atoms with E-state index >= 15 is 0 Å². The minimum absolute atomic E-state index is 0.0563. The van der Waals surface area contributed by atoms with Gasteiger partial charge in [0.2, 0.25) is 39.0 Å². The highest BCUT2D eigenvalue weighted by Gasteiger charge is 2.64. The van der Waals surface area contributed by atoms with Crippen molar-refractivity contribution in [2.24, 2.45) is 17.8 Å². The third-order valence-electron chi connectivity index (χ3n) is 12.2. The van der Waals surface area contributed by atoms with Crippen LogP contribution in [0.1, 0.15) is 71.4 Å². The second kappa shape index (κ2) is 17.8. The number of allylic oxidation sites excluding steroid dienone is 1. The molecule has 3 fully saturated rings. The molecule has 354 valence electrons. The molecule has 2 saturated carbocycles. The summed E-state index contributed by atoms with van der Waals surface area (Å²) in [5, 5.41) is 4.78. The second-order valence-electron chi connectivity index (χ2n) is 17.3. The molecule has 1 aromatic heterocycles. The van der Waals surface area contributed by atoms with Gasteiger partial charge in [-0.15, -0.1) is 0 Å². The number of hydrogen-bond acceptors (Lipinski definition) is 12. The summed E-state index contributed by atoms with van der Waals surface area (Å²) in [7, 11) is -2.00. The molecule has 7 atom stereocenters. The second-order valence-corrected chi connectivity index (χ2v) is 19.4. The molecule has 64 heavy (non-hydrogen) atoms. The van der Waals surface area contributed by atoms with Crippen LogP contribution in [-0.2, 0) is 40.1 Å². The summed E-state index contributed by atoms with van der Waals surface area (Å²) in [5.41, 5.74) is -6.82. The van der Waals surface area contributed by atoms with Crippen LogP contribution in [0, 0.1) is 17.8 Å². The number of benzene rings is 1. The molecule has 3 heterocycles. The van der Waals surface area contributed by atoms with Crippen molar-refractivity contribution in [2.45, 2.75) is 112 Å². The van der Waals surface area contributed by atoms with E-state index in [1.807, 2.05) is 4.72 Å². The SMILES string of the molecule is COC[C@@H]1C[C@@H](C)CC/C=C\[C@H]2C[C@]2(C(=O)NS(=O)(=O)C2(CF)CC2)NC(=O)[C@@H]2C[C@@H](Oc3nc4cc(OC)ccc4nc3C(F)(F)F)CN2C(=O)[C@H]1NC(=O)OC(C)(C)C(F)(F)F. The van der Waals surface area contributed by atoms with Crippen LogP contribution >= 0.6 is 0 Å². The van der Waals surface area contributed by atoms with E-state index in [-0.39, 0.29) is 55.0 Å². The zero-order valence-corrected chi connectivity index (χ0v) is 36.2. The van der Waals surface area contributed by atoms with E-state index in [1.54, 1.807) is 19.1 Å². The average molecular weight is 939 g/mol. The number of alkyl halides is 7. The fraction of sp³-hybridized carbons (Fsp3) is 0.650. The monoisotopic (exact) mass is 938 g/mol. The molecule has 2 aromatic rings. The number of carbonyl (C=O) groups excluding carboxylic acids is 4. The van der Waals surface area contributed by atoms with E-state index in [2.05, 4.69) is 20.6 Å². The summed E-state index contributed by atoms with van der Waals surface area (Å²) in [4.78, 5) is 65.3. The Labute approximate surface area is 363 Å². The summed E-state index contributed by atoms with van der Waals surface area (Å²) in [5.74, 6) is -6.28. The van der Waals surface area contributed by atoms with E-state index < -0.39 is 123 Å². The van der Waals surface area contributed by atoms with Crippen molar-refractivity contribution in [2.75, 3.05) is 34.0 Å². The van der Waals surface area contributed by atoms with Crippen LogP contribution in [-0.4, -0.2) is 121 Å². The van der Waals surface area contributed by atoms with E-state index in [0.29, 0.717) is 26.7 Å². The number of aromatic nitrogens is 2. The van der Waals surface area contributed by atoms with Crippen LogP contribution in [0.5, 0.6) is 11.6 Å². The highest BCUT2D eigenvalue weighted by molar-refractivity contribution is 7.91. The largest absolute Gasteiger partial charge is 0.497 e. The first-order chi connectivity index (χ1) is 29.8. The lowest BCUT2D eigenvalue weighted by atomic mass is 9.87. The summed E-state index contributed by atoms with van der Waals surface area (Å²) in [6.45, 7) is 0.755. The Hall–Kier alpha value is -5.00. The number of nitrogens with one attached hydrogen (secondary N) is 3. The van der Waals surface area contributed by atoms with Gasteiger partial charge in [-0.1, -0.05) is 19.1 Å². The molecule has 0 spiro atoms. The minimum Gasteiger partial charge on any atom is -0.497 e. The minimum atomic E-state index is -5.13. The highest BCUT2D eigenvalue weighted by Crippen LogP contribution is 2.48. The number of amides is 4. The van der Waals surface area contributed by atoms with Crippen molar-refractivity contribution < 1.29 is 77.3 Å². The van der Waals surface area contributed by atoms with Crippen molar-refractivity contribution in [3.63, 3.8) is 0 Å². The first kappa shape index (κ1) is 48.5. The Morgan fingerprint density at radius 3 is 2.34 bits per heavy atom. The quantitative estimate of drug-likeness (QED) is 0.203. The van der Waals surface area contributed by atoms with Gasteiger partial charge in [0.25, 0.3) is 5.91 Å².